The number of aliphatic hydroxyl groups is 1. The molecule has 0 spiro atoms. The van der Waals surface area contributed by atoms with Crippen LogP contribution in [-0.2, 0) is 17.6 Å². The summed E-state index contributed by atoms with van der Waals surface area (Å²) >= 11 is 5.89. The molecule has 0 saturated heterocycles. The minimum Gasteiger partial charge on any atom is -0.508 e. The fraction of sp³-hybridized carbons (Fsp3) is 0.200. The van der Waals surface area contributed by atoms with Gasteiger partial charge in [-0.2, -0.15) is 0 Å². The molecule has 0 aliphatic heterocycles. The summed E-state index contributed by atoms with van der Waals surface area (Å²) in [5, 5.41) is 25.4. The van der Waals surface area contributed by atoms with Gasteiger partial charge in [-0.3, -0.25) is 9.59 Å². The number of halogens is 1. The predicted molar refractivity (Wildman–Crippen MR) is 124 cm³/mol. The Morgan fingerprint density at radius 2 is 1.44 bits per heavy atom. The summed E-state index contributed by atoms with van der Waals surface area (Å²) in [6.07, 6.45) is 0.676. The first-order valence-electron chi connectivity index (χ1n) is 10.2. The maximum Gasteiger partial charge on any atom is 0.251 e. The van der Waals surface area contributed by atoms with Crippen LogP contribution in [0.1, 0.15) is 21.5 Å². The van der Waals surface area contributed by atoms with Gasteiger partial charge in [0, 0.05) is 17.0 Å². The lowest BCUT2D eigenvalue weighted by atomic mass is 10.0. The highest BCUT2D eigenvalue weighted by Crippen LogP contribution is 2.13. The van der Waals surface area contributed by atoms with Crippen molar-refractivity contribution in [3.05, 3.63) is 101 Å². The van der Waals surface area contributed by atoms with Crippen molar-refractivity contribution in [2.24, 2.45) is 0 Å². The number of carbonyl (C=O) groups excluding carboxylic acids is 2. The van der Waals surface area contributed by atoms with Gasteiger partial charge in [0.1, 0.15) is 11.8 Å². The van der Waals surface area contributed by atoms with Gasteiger partial charge in [0.15, 0.2) is 0 Å². The second kappa shape index (κ2) is 11.3. The lowest BCUT2D eigenvalue weighted by molar-refractivity contribution is -0.124. The van der Waals surface area contributed by atoms with Crippen molar-refractivity contribution < 1.29 is 19.8 Å². The normalized spacial score (nSPS) is 12.6. The summed E-state index contributed by atoms with van der Waals surface area (Å²) in [7, 11) is 0. The number of carbonyl (C=O) groups is 2. The Bertz CT molecular complexity index is 1020. The zero-order valence-electron chi connectivity index (χ0n) is 17.4. The van der Waals surface area contributed by atoms with E-state index in [0.29, 0.717) is 17.0 Å². The summed E-state index contributed by atoms with van der Waals surface area (Å²) in [5.41, 5.74) is 2.12. The van der Waals surface area contributed by atoms with Crippen molar-refractivity contribution in [1.29, 1.82) is 0 Å². The summed E-state index contributed by atoms with van der Waals surface area (Å²) in [6, 6.07) is 21.0. The maximum atomic E-state index is 13.1. The Kier molecular flexibility index (Phi) is 8.25. The highest BCUT2D eigenvalue weighted by molar-refractivity contribution is 6.30. The van der Waals surface area contributed by atoms with Crippen LogP contribution in [0.3, 0.4) is 0 Å². The lowest BCUT2D eigenvalue weighted by Crippen LogP contribution is -2.52. The van der Waals surface area contributed by atoms with Crippen molar-refractivity contribution in [2.45, 2.75) is 24.9 Å². The number of amides is 2. The molecule has 0 saturated carbocycles. The van der Waals surface area contributed by atoms with E-state index in [-0.39, 0.29) is 18.8 Å². The van der Waals surface area contributed by atoms with Crippen LogP contribution in [0.2, 0.25) is 5.02 Å². The third kappa shape index (κ3) is 6.83. The van der Waals surface area contributed by atoms with E-state index in [4.69, 9.17) is 11.6 Å². The van der Waals surface area contributed by atoms with E-state index in [1.807, 2.05) is 30.3 Å². The van der Waals surface area contributed by atoms with Crippen molar-refractivity contribution in [2.75, 3.05) is 6.61 Å². The fourth-order valence-electron chi connectivity index (χ4n) is 3.28. The van der Waals surface area contributed by atoms with Gasteiger partial charge in [-0.1, -0.05) is 54.1 Å². The highest BCUT2D eigenvalue weighted by Gasteiger charge is 2.24. The van der Waals surface area contributed by atoms with Gasteiger partial charge in [0.2, 0.25) is 5.91 Å². The molecule has 0 heterocycles. The summed E-state index contributed by atoms with van der Waals surface area (Å²) in [6.45, 7) is -0.238. The Morgan fingerprint density at radius 1 is 0.812 bits per heavy atom. The summed E-state index contributed by atoms with van der Waals surface area (Å²) in [4.78, 5) is 25.8. The molecule has 3 aromatic rings. The van der Waals surface area contributed by atoms with Gasteiger partial charge in [0.25, 0.3) is 5.91 Å². The van der Waals surface area contributed by atoms with Crippen LogP contribution in [0.4, 0.5) is 0 Å². The van der Waals surface area contributed by atoms with Crippen LogP contribution in [-0.4, -0.2) is 40.7 Å². The molecule has 2 atom stereocenters. The van der Waals surface area contributed by atoms with E-state index >= 15 is 0 Å². The number of phenols is 1. The number of aromatic hydroxyl groups is 1. The van der Waals surface area contributed by atoms with Crippen LogP contribution in [0, 0.1) is 0 Å². The molecule has 3 aromatic carbocycles. The van der Waals surface area contributed by atoms with Crippen molar-refractivity contribution in [3.8, 4) is 5.75 Å². The number of benzene rings is 3. The van der Waals surface area contributed by atoms with E-state index in [9.17, 15) is 19.8 Å². The second-order valence-corrected chi connectivity index (χ2v) is 7.92. The molecule has 0 radical (unpaired) electrons. The number of nitrogens with one attached hydrogen (secondary N) is 2. The predicted octanol–water partition coefficient (Wildman–Crippen LogP) is 3.11. The van der Waals surface area contributed by atoms with Crippen LogP contribution < -0.4 is 10.6 Å². The zero-order valence-corrected chi connectivity index (χ0v) is 18.1. The van der Waals surface area contributed by atoms with Gasteiger partial charge in [0.05, 0.1) is 12.6 Å². The van der Waals surface area contributed by atoms with Gasteiger partial charge >= 0.3 is 0 Å². The largest absolute Gasteiger partial charge is 0.508 e. The molecule has 0 aromatic heterocycles. The third-order valence-corrected chi connectivity index (χ3v) is 5.25. The smallest absolute Gasteiger partial charge is 0.251 e. The quantitative estimate of drug-likeness (QED) is 0.401. The third-order valence-electron chi connectivity index (χ3n) is 5.00. The van der Waals surface area contributed by atoms with E-state index in [1.54, 1.807) is 36.4 Å². The second-order valence-electron chi connectivity index (χ2n) is 7.48. The standard InChI is InChI=1S/C25H25ClN2O4/c26-20-10-8-19(9-11-20)24(31)28-23(15-18-6-12-22(30)13-7-18)25(32)27-21(16-29)14-17-4-2-1-3-5-17/h1-13,21,23,29-30H,14-16H2,(H,27,32)(H,28,31)/t21-,23-/m0/s1. The molecular formula is C25H25ClN2O4. The first-order valence-corrected chi connectivity index (χ1v) is 10.6. The molecular weight excluding hydrogens is 428 g/mol. The average Bonchev–Trinajstić information content (AvgIpc) is 2.80. The van der Waals surface area contributed by atoms with Crippen molar-refractivity contribution in [1.82, 2.24) is 10.6 Å². The Morgan fingerprint density at radius 3 is 2.06 bits per heavy atom. The van der Waals surface area contributed by atoms with Gasteiger partial charge in [-0.05, 0) is 53.9 Å². The molecule has 2 amide bonds. The molecule has 7 heteroatoms. The molecule has 166 valence electrons. The highest BCUT2D eigenvalue weighted by atomic mass is 35.5. The zero-order chi connectivity index (χ0) is 22.9. The van der Waals surface area contributed by atoms with E-state index < -0.39 is 23.9 Å². The van der Waals surface area contributed by atoms with Crippen molar-refractivity contribution >= 4 is 23.4 Å². The van der Waals surface area contributed by atoms with Crippen LogP contribution >= 0.6 is 11.6 Å². The van der Waals surface area contributed by atoms with E-state index in [2.05, 4.69) is 10.6 Å². The molecule has 0 aliphatic carbocycles. The number of hydrogen-bond donors (Lipinski definition) is 4. The van der Waals surface area contributed by atoms with E-state index in [1.165, 1.54) is 12.1 Å². The number of hydrogen-bond acceptors (Lipinski definition) is 4. The van der Waals surface area contributed by atoms with Crippen LogP contribution in [0.5, 0.6) is 5.75 Å². The van der Waals surface area contributed by atoms with Crippen LogP contribution in [0.25, 0.3) is 0 Å². The van der Waals surface area contributed by atoms with Gasteiger partial charge in [-0.25, -0.2) is 0 Å². The molecule has 6 nitrogen and oxygen atoms in total. The Hall–Kier alpha value is -3.35. The molecule has 32 heavy (non-hydrogen) atoms. The molecule has 4 N–H and O–H groups in total. The lowest BCUT2D eigenvalue weighted by Gasteiger charge is -2.23. The van der Waals surface area contributed by atoms with Gasteiger partial charge < -0.3 is 20.8 Å². The first-order chi connectivity index (χ1) is 15.4. The SMILES string of the molecule is O=C(N[C@@H](Cc1ccc(O)cc1)C(=O)N[C@H](CO)Cc1ccccc1)c1ccc(Cl)cc1. The molecule has 0 aliphatic rings. The average molecular weight is 453 g/mol. The molecule has 3 rings (SSSR count). The Labute approximate surface area is 191 Å². The number of aliphatic hydroxyl groups excluding tert-OH is 1. The van der Waals surface area contributed by atoms with Crippen LogP contribution in [0.15, 0.2) is 78.9 Å². The molecule has 0 fully saturated rings. The maximum absolute atomic E-state index is 13.1. The van der Waals surface area contributed by atoms with Gasteiger partial charge in [-0.15, -0.1) is 0 Å². The fourth-order valence-corrected chi connectivity index (χ4v) is 3.41. The number of phenolic OH excluding ortho intramolecular Hbond substituents is 1. The minimum absolute atomic E-state index is 0.114. The van der Waals surface area contributed by atoms with Crippen molar-refractivity contribution in [3.63, 3.8) is 0 Å². The topological polar surface area (TPSA) is 98.7 Å². The summed E-state index contributed by atoms with van der Waals surface area (Å²) < 4.78 is 0. The van der Waals surface area contributed by atoms with E-state index in [0.717, 1.165) is 11.1 Å². The Balaban J connectivity index is 1.74. The summed E-state index contributed by atoms with van der Waals surface area (Å²) in [5.74, 6) is -0.706. The molecule has 0 unspecified atom stereocenters. The number of rotatable bonds is 9. The molecule has 0 bridgehead atoms. The monoisotopic (exact) mass is 452 g/mol. The minimum atomic E-state index is -0.882. The first kappa shape index (κ1) is 23.3.